The first-order valence-electron chi connectivity index (χ1n) is 5.95. The topological polar surface area (TPSA) is 58.0 Å². The van der Waals surface area contributed by atoms with E-state index in [1.165, 1.54) is 6.33 Å². The quantitative estimate of drug-likeness (QED) is 0.873. The van der Waals surface area contributed by atoms with Crippen LogP contribution in [0.2, 0.25) is 5.02 Å². The highest BCUT2D eigenvalue weighted by Crippen LogP contribution is 2.22. The van der Waals surface area contributed by atoms with Crippen LogP contribution in [0.1, 0.15) is 13.3 Å². The lowest BCUT2D eigenvalue weighted by molar-refractivity contribution is 0.266. The van der Waals surface area contributed by atoms with Crippen LogP contribution >= 0.6 is 11.6 Å². The van der Waals surface area contributed by atoms with Crippen molar-refractivity contribution in [3.05, 3.63) is 29.5 Å². The van der Waals surface area contributed by atoms with Crippen molar-refractivity contribution in [2.45, 2.75) is 13.3 Å². The monoisotopic (exact) mass is 265 g/mol. The van der Waals surface area contributed by atoms with Crippen LogP contribution in [0.15, 0.2) is 24.5 Å². The van der Waals surface area contributed by atoms with Gasteiger partial charge in [0.2, 0.25) is 0 Å². The Labute approximate surface area is 111 Å². The lowest BCUT2D eigenvalue weighted by Gasteiger charge is -2.12. The van der Waals surface area contributed by atoms with Gasteiger partial charge < -0.3 is 10.4 Å². The Hall–Kier alpha value is -1.39. The molecule has 18 heavy (non-hydrogen) atoms. The van der Waals surface area contributed by atoms with Crippen molar-refractivity contribution in [1.82, 2.24) is 9.97 Å². The summed E-state index contributed by atoms with van der Waals surface area (Å²) in [6.07, 6.45) is 2.31. The first kappa shape index (κ1) is 13.1. The number of nitrogens with one attached hydrogen (secondary N) is 1. The lowest BCUT2D eigenvalue weighted by atomic mass is 10.1. The normalized spacial score (nSPS) is 12.6. The molecule has 2 aromatic rings. The highest BCUT2D eigenvalue weighted by molar-refractivity contribution is 6.31. The third-order valence-corrected chi connectivity index (χ3v) is 3.07. The van der Waals surface area contributed by atoms with Gasteiger partial charge in [-0.15, -0.1) is 0 Å². The van der Waals surface area contributed by atoms with Gasteiger partial charge in [0.05, 0.1) is 5.52 Å². The van der Waals surface area contributed by atoms with Gasteiger partial charge in [-0.05, 0) is 30.5 Å². The van der Waals surface area contributed by atoms with Crippen molar-refractivity contribution in [1.29, 1.82) is 0 Å². The molecule has 2 rings (SSSR count). The predicted octanol–water partition coefficient (Wildman–Crippen LogP) is 2.71. The summed E-state index contributed by atoms with van der Waals surface area (Å²) < 4.78 is 0. The molecule has 1 heterocycles. The molecule has 0 aliphatic rings. The number of aromatic nitrogens is 2. The number of hydrogen-bond acceptors (Lipinski definition) is 4. The summed E-state index contributed by atoms with van der Waals surface area (Å²) in [7, 11) is 0. The zero-order chi connectivity index (χ0) is 13.0. The molecule has 1 aromatic carbocycles. The second-order valence-electron chi connectivity index (χ2n) is 4.38. The van der Waals surface area contributed by atoms with Gasteiger partial charge in [0, 0.05) is 23.6 Å². The molecule has 96 valence electrons. The average molecular weight is 266 g/mol. The molecule has 0 saturated carbocycles. The molecule has 0 saturated heterocycles. The van der Waals surface area contributed by atoms with E-state index in [-0.39, 0.29) is 6.61 Å². The molecular formula is C13H16ClN3O. The van der Waals surface area contributed by atoms with Crippen LogP contribution < -0.4 is 5.32 Å². The fraction of sp³-hybridized carbons (Fsp3) is 0.385. The molecule has 0 bridgehead atoms. The molecular weight excluding hydrogens is 250 g/mol. The van der Waals surface area contributed by atoms with Crippen molar-refractivity contribution in [3.63, 3.8) is 0 Å². The third-order valence-electron chi connectivity index (χ3n) is 2.84. The standard InChI is InChI=1S/C13H16ClN3O/c1-9(4-5-18)7-15-13-11-3-2-10(14)6-12(11)16-8-17-13/h2-3,6,8-9,18H,4-5,7H2,1H3,(H,15,16,17). The molecule has 5 heteroatoms. The van der Waals surface area contributed by atoms with Gasteiger partial charge in [0.15, 0.2) is 0 Å². The van der Waals surface area contributed by atoms with E-state index >= 15 is 0 Å². The minimum absolute atomic E-state index is 0.211. The van der Waals surface area contributed by atoms with E-state index in [9.17, 15) is 0 Å². The summed E-state index contributed by atoms with van der Waals surface area (Å²) in [5.41, 5.74) is 0.829. The molecule has 2 N–H and O–H groups in total. The smallest absolute Gasteiger partial charge is 0.137 e. The molecule has 0 radical (unpaired) electrons. The van der Waals surface area contributed by atoms with E-state index < -0.39 is 0 Å². The van der Waals surface area contributed by atoms with Crippen molar-refractivity contribution < 1.29 is 5.11 Å². The van der Waals surface area contributed by atoms with Gasteiger partial charge in [-0.1, -0.05) is 18.5 Å². The fourth-order valence-corrected chi connectivity index (χ4v) is 1.93. The molecule has 1 unspecified atom stereocenters. The minimum atomic E-state index is 0.211. The summed E-state index contributed by atoms with van der Waals surface area (Å²) in [5, 5.41) is 13.8. The van der Waals surface area contributed by atoms with Crippen molar-refractivity contribution >= 4 is 28.3 Å². The van der Waals surface area contributed by atoms with Crippen molar-refractivity contribution in [2.24, 2.45) is 5.92 Å². The molecule has 4 nitrogen and oxygen atoms in total. The summed E-state index contributed by atoms with van der Waals surface area (Å²) in [4.78, 5) is 8.43. The van der Waals surface area contributed by atoms with E-state index in [0.29, 0.717) is 10.9 Å². The Morgan fingerprint density at radius 2 is 2.22 bits per heavy atom. The number of aliphatic hydroxyl groups is 1. The Morgan fingerprint density at radius 1 is 1.39 bits per heavy atom. The first-order valence-corrected chi connectivity index (χ1v) is 6.33. The van der Waals surface area contributed by atoms with Gasteiger partial charge >= 0.3 is 0 Å². The predicted molar refractivity (Wildman–Crippen MR) is 73.9 cm³/mol. The zero-order valence-electron chi connectivity index (χ0n) is 10.2. The number of aliphatic hydroxyl groups excluding tert-OH is 1. The van der Waals surface area contributed by atoms with Crippen LogP contribution in [-0.2, 0) is 0 Å². The molecule has 0 aliphatic carbocycles. The average Bonchev–Trinajstić information content (AvgIpc) is 2.36. The van der Waals surface area contributed by atoms with Crippen molar-refractivity contribution in [2.75, 3.05) is 18.5 Å². The summed E-state index contributed by atoms with van der Waals surface area (Å²) in [6, 6.07) is 5.56. The number of hydrogen-bond donors (Lipinski definition) is 2. The minimum Gasteiger partial charge on any atom is -0.396 e. The summed E-state index contributed by atoms with van der Waals surface area (Å²) in [5.74, 6) is 1.20. The maximum Gasteiger partial charge on any atom is 0.137 e. The van der Waals surface area contributed by atoms with Crippen LogP contribution in [0.3, 0.4) is 0 Å². The maximum absolute atomic E-state index is 8.87. The second-order valence-corrected chi connectivity index (χ2v) is 4.82. The Kier molecular flexibility index (Phi) is 4.33. The number of benzene rings is 1. The number of nitrogens with zero attached hydrogens (tertiary/aromatic N) is 2. The molecule has 0 spiro atoms. The van der Waals surface area contributed by atoms with Crippen LogP contribution in [0.4, 0.5) is 5.82 Å². The van der Waals surface area contributed by atoms with Gasteiger partial charge in [-0.3, -0.25) is 0 Å². The van der Waals surface area contributed by atoms with E-state index in [2.05, 4.69) is 22.2 Å². The first-order chi connectivity index (χ1) is 8.70. The van der Waals surface area contributed by atoms with Crippen LogP contribution in [0, 0.1) is 5.92 Å². The van der Waals surface area contributed by atoms with E-state index in [1.807, 2.05) is 18.2 Å². The zero-order valence-corrected chi connectivity index (χ0v) is 11.0. The summed E-state index contributed by atoms with van der Waals surface area (Å²) in [6.45, 7) is 3.07. The van der Waals surface area contributed by atoms with Gasteiger partial charge in [0.1, 0.15) is 12.1 Å². The SMILES string of the molecule is CC(CCO)CNc1ncnc2cc(Cl)ccc12. The summed E-state index contributed by atoms with van der Waals surface area (Å²) >= 11 is 5.93. The Bertz CT molecular complexity index is 533. The van der Waals surface area contributed by atoms with Gasteiger partial charge in [-0.25, -0.2) is 9.97 Å². The van der Waals surface area contributed by atoms with E-state index in [1.54, 1.807) is 0 Å². The molecule has 0 amide bonds. The third kappa shape index (κ3) is 3.09. The van der Waals surface area contributed by atoms with E-state index in [0.717, 1.165) is 29.7 Å². The van der Waals surface area contributed by atoms with Gasteiger partial charge in [0.25, 0.3) is 0 Å². The van der Waals surface area contributed by atoms with Gasteiger partial charge in [-0.2, -0.15) is 0 Å². The highest BCUT2D eigenvalue weighted by Gasteiger charge is 2.06. The molecule has 1 aromatic heterocycles. The Morgan fingerprint density at radius 3 is 3.00 bits per heavy atom. The van der Waals surface area contributed by atoms with E-state index in [4.69, 9.17) is 16.7 Å². The number of halogens is 1. The molecule has 0 fully saturated rings. The maximum atomic E-state index is 8.87. The van der Waals surface area contributed by atoms with Crippen LogP contribution in [-0.4, -0.2) is 28.2 Å². The van der Waals surface area contributed by atoms with Crippen molar-refractivity contribution in [3.8, 4) is 0 Å². The molecule has 0 aliphatic heterocycles. The van der Waals surface area contributed by atoms with Crippen LogP contribution in [0.25, 0.3) is 10.9 Å². The molecule has 1 atom stereocenters. The largest absolute Gasteiger partial charge is 0.396 e. The van der Waals surface area contributed by atoms with Crippen LogP contribution in [0.5, 0.6) is 0 Å². The second kappa shape index (κ2) is 5.98. The lowest BCUT2D eigenvalue weighted by Crippen LogP contribution is -2.13. The number of anilines is 1. The number of fused-ring (bicyclic) bond motifs is 1. The number of rotatable bonds is 5. The Balaban J connectivity index is 2.18. The highest BCUT2D eigenvalue weighted by atomic mass is 35.5. The fourth-order valence-electron chi connectivity index (χ4n) is 1.76.